The van der Waals surface area contributed by atoms with Crippen LogP contribution in [0.25, 0.3) is 11.0 Å². The predicted molar refractivity (Wildman–Crippen MR) is 72.9 cm³/mol. The molecule has 94 valence electrons. The molecule has 0 fully saturated rings. The molecule has 0 radical (unpaired) electrons. The first kappa shape index (κ1) is 14.2. The molecular formula is C11H16Cl2N4. The third kappa shape index (κ3) is 2.70. The summed E-state index contributed by atoms with van der Waals surface area (Å²) >= 11 is 6.13. The summed E-state index contributed by atoms with van der Waals surface area (Å²) in [5, 5.41) is 9.19. The van der Waals surface area contributed by atoms with E-state index in [0.717, 1.165) is 35.4 Å². The zero-order valence-electron chi connectivity index (χ0n) is 10.1. The minimum atomic E-state index is 0. The molecule has 0 saturated heterocycles. The van der Waals surface area contributed by atoms with Crippen LogP contribution in [0.3, 0.4) is 0 Å². The highest BCUT2D eigenvalue weighted by atomic mass is 35.5. The molecule has 2 aromatic heterocycles. The summed E-state index contributed by atoms with van der Waals surface area (Å²) in [6.45, 7) is 5.71. The van der Waals surface area contributed by atoms with E-state index in [1.807, 2.05) is 14.0 Å². The summed E-state index contributed by atoms with van der Waals surface area (Å²) in [6.07, 6.45) is 0. The molecule has 0 amide bonds. The van der Waals surface area contributed by atoms with E-state index in [1.165, 1.54) is 0 Å². The molecule has 0 unspecified atom stereocenters. The van der Waals surface area contributed by atoms with Crippen molar-refractivity contribution in [2.75, 3.05) is 6.54 Å². The highest BCUT2D eigenvalue weighted by Crippen LogP contribution is 2.22. The number of halogens is 2. The lowest BCUT2D eigenvalue weighted by Crippen LogP contribution is -2.12. The zero-order chi connectivity index (χ0) is 11.7. The second-order valence-electron chi connectivity index (χ2n) is 3.80. The number of fused-ring (bicyclic) bond motifs is 1. The SMILES string of the molecule is CCNCc1cc2c(C)nn(C)c2nc1Cl.Cl. The van der Waals surface area contributed by atoms with E-state index >= 15 is 0 Å². The largest absolute Gasteiger partial charge is 0.313 e. The monoisotopic (exact) mass is 274 g/mol. The lowest BCUT2D eigenvalue weighted by molar-refractivity contribution is 0.725. The Labute approximate surface area is 112 Å². The Morgan fingerprint density at radius 3 is 2.82 bits per heavy atom. The van der Waals surface area contributed by atoms with Crippen molar-refractivity contribution in [2.24, 2.45) is 7.05 Å². The fraction of sp³-hybridized carbons (Fsp3) is 0.455. The van der Waals surface area contributed by atoms with Crippen LogP contribution in [0, 0.1) is 6.92 Å². The van der Waals surface area contributed by atoms with Crippen molar-refractivity contribution in [1.29, 1.82) is 0 Å². The molecule has 0 aliphatic rings. The molecule has 2 aromatic rings. The van der Waals surface area contributed by atoms with E-state index < -0.39 is 0 Å². The van der Waals surface area contributed by atoms with Gasteiger partial charge < -0.3 is 5.32 Å². The van der Waals surface area contributed by atoms with Gasteiger partial charge in [-0.1, -0.05) is 18.5 Å². The molecule has 0 aliphatic carbocycles. The van der Waals surface area contributed by atoms with Gasteiger partial charge in [0.2, 0.25) is 0 Å². The Bertz CT molecular complexity index is 522. The van der Waals surface area contributed by atoms with Gasteiger partial charge >= 0.3 is 0 Å². The van der Waals surface area contributed by atoms with Crippen LogP contribution < -0.4 is 5.32 Å². The predicted octanol–water partition coefficient (Wildman–Crippen LogP) is 2.46. The van der Waals surface area contributed by atoms with Crippen molar-refractivity contribution in [2.45, 2.75) is 20.4 Å². The van der Waals surface area contributed by atoms with Gasteiger partial charge in [-0.3, -0.25) is 4.68 Å². The first-order valence-electron chi connectivity index (χ1n) is 5.33. The van der Waals surface area contributed by atoms with E-state index in [9.17, 15) is 0 Å². The molecule has 0 bridgehead atoms. The van der Waals surface area contributed by atoms with Crippen LogP contribution >= 0.6 is 24.0 Å². The minimum Gasteiger partial charge on any atom is -0.313 e. The van der Waals surface area contributed by atoms with Gasteiger partial charge in [0.15, 0.2) is 5.65 Å². The second-order valence-corrected chi connectivity index (χ2v) is 4.16. The first-order valence-corrected chi connectivity index (χ1v) is 5.70. The van der Waals surface area contributed by atoms with Crippen molar-refractivity contribution >= 4 is 35.0 Å². The number of pyridine rings is 1. The fourth-order valence-corrected chi connectivity index (χ4v) is 1.95. The molecule has 0 atom stereocenters. The summed E-state index contributed by atoms with van der Waals surface area (Å²) in [4.78, 5) is 4.37. The smallest absolute Gasteiger partial charge is 0.159 e. The minimum absolute atomic E-state index is 0. The quantitative estimate of drug-likeness (QED) is 0.875. The van der Waals surface area contributed by atoms with Gasteiger partial charge in [0, 0.05) is 24.5 Å². The highest BCUT2D eigenvalue weighted by molar-refractivity contribution is 6.30. The van der Waals surface area contributed by atoms with Gasteiger partial charge in [-0.2, -0.15) is 5.10 Å². The van der Waals surface area contributed by atoms with Gasteiger partial charge in [-0.05, 0) is 19.5 Å². The lowest BCUT2D eigenvalue weighted by atomic mass is 10.2. The van der Waals surface area contributed by atoms with Gasteiger partial charge in [-0.25, -0.2) is 4.98 Å². The second kappa shape index (κ2) is 5.67. The highest BCUT2D eigenvalue weighted by Gasteiger charge is 2.10. The topological polar surface area (TPSA) is 42.7 Å². The molecule has 2 rings (SSSR count). The van der Waals surface area contributed by atoms with Crippen LogP contribution in [0.4, 0.5) is 0 Å². The standard InChI is InChI=1S/C11H15ClN4.ClH/c1-4-13-6-8-5-9-7(2)15-16(3)11(9)14-10(8)12;/h5,13H,4,6H2,1-3H3;1H. The summed E-state index contributed by atoms with van der Waals surface area (Å²) in [5.74, 6) is 0. The Hall–Kier alpha value is -0.840. The molecular weight excluding hydrogens is 259 g/mol. The van der Waals surface area contributed by atoms with Gasteiger partial charge in [0.1, 0.15) is 5.15 Å². The van der Waals surface area contributed by atoms with E-state index in [-0.39, 0.29) is 12.4 Å². The lowest BCUT2D eigenvalue weighted by Gasteiger charge is -2.04. The Morgan fingerprint density at radius 1 is 1.47 bits per heavy atom. The van der Waals surface area contributed by atoms with Crippen molar-refractivity contribution in [3.05, 3.63) is 22.5 Å². The van der Waals surface area contributed by atoms with Crippen LogP contribution in [-0.4, -0.2) is 21.3 Å². The molecule has 0 spiro atoms. The normalized spacial score (nSPS) is 10.6. The molecule has 0 saturated carbocycles. The maximum absolute atomic E-state index is 6.13. The van der Waals surface area contributed by atoms with Crippen molar-refractivity contribution in [3.63, 3.8) is 0 Å². The number of hydrogen-bond acceptors (Lipinski definition) is 3. The molecule has 0 aliphatic heterocycles. The van der Waals surface area contributed by atoms with Gasteiger partial charge in [0.25, 0.3) is 0 Å². The average molecular weight is 275 g/mol. The summed E-state index contributed by atoms with van der Waals surface area (Å²) in [5.41, 5.74) is 2.84. The Kier molecular flexibility index (Phi) is 4.74. The van der Waals surface area contributed by atoms with E-state index in [2.05, 4.69) is 28.4 Å². The molecule has 2 heterocycles. The third-order valence-electron chi connectivity index (χ3n) is 2.59. The number of hydrogen-bond donors (Lipinski definition) is 1. The summed E-state index contributed by atoms with van der Waals surface area (Å²) < 4.78 is 1.76. The molecule has 17 heavy (non-hydrogen) atoms. The first-order chi connectivity index (χ1) is 7.63. The van der Waals surface area contributed by atoms with E-state index in [1.54, 1.807) is 4.68 Å². The van der Waals surface area contributed by atoms with Gasteiger partial charge in [-0.15, -0.1) is 12.4 Å². The van der Waals surface area contributed by atoms with E-state index in [4.69, 9.17) is 11.6 Å². The van der Waals surface area contributed by atoms with E-state index in [0.29, 0.717) is 5.15 Å². The number of aryl methyl sites for hydroxylation is 2. The summed E-state index contributed by atoms with van der Waals surface area (Å²) in [7, 11) is 1.88. The molecule has 0 aromatic carbocycles. The van der Waals surface area contributed by atoms with Crippen molar-refractivity contribution in [1.82, 2.24) is 20.1 Å². The van der Waals surface area contributed by atoms with Crippen LogP contribution in [0.15, 0.2) is 6.07 Å². The van der Waals surface area contributed by atoms with Crippen LogP contribution in [0.2, 0.25) is 5.15 Å². The number of aromatic nitrogens is 3. The third-order valence-corrected chi connectivity index (χ3v) is 2.92. The van der Waals surface area contributed by atoms with Crippen LogP contribution in [0.1, 0.15) is 18.2 Å². The molecule has 6 heteroatoms. The van der Waals surface area contributed by atoms with Crippen LogP contribution in [0.5, 0.6) is 0 Å². The van der Waals surface area contributed by atoms with Gasteiger partial charge in [0.05, 0.1) is 5.69 Å². The summed E-state index contributed by atoms with van der Waals surface area (Å²) in [6, 6.07) is 2.07. The zero-order valence-corrected chi connectivity index (χ0v) is 11.7. The Morgan fingerprint density at radius 2 is 2.18 bits per heavy atom. The number of rotatable bonds is 3. The maximum atomic E-state index is 6.13. The maximum Gasteiger partial charge on any atom is 0.159 e. The number of nitrogens with one attached hydrogen (secondary N) is 1. The van der Waals surface area contributed by atoms with Crippen molar-refractivity contribution < 1.29 is 0 Å². The average Bonchev–Trinajstić information content (AvgIpc) is 2.51. The van der Waals surface area contributed by atoms with Crippen molar-refractivity contribution in [3.8, 4) is 0 Å². The molecule has 4 nitrogen and oxygen atoms in total. The fourth-order valence-electron chi connectivity index (χ4n) is 1.75. The Balaban J connectivity index is 0.00000144. The van der Waals surface area contributed by atoms with Crippen LogP contribution in [-0.2, 0) is 13.6 Å². The number of nitrogens with zero attached hydrogens (tertiary/aromatic N) is 3. The molecule has 1 N–H and O–H groups in total.